The van der Waals surface area contributed by atoms with Crippen molar-refractivity contribution >= 4 is 17.9 Å². The largest absolute Gasteiger partial charge is 0.444 e. The van der Waals surface area contributed by atoms with E-state index in [-0.39, 0.29) is 11.4 Å². The van der Waals surface area contributed by atoms with Gasteiger partial charge in [-0.1, -0.05) is 54.6 Å². The number of benzene rings is 2. The van der Waals surface area contributed by atoms with Crippen molar-refractivity contribution < 1.29 is 19.1 Å². The lowest BCUT2D eigenvalue weighted by Gasteiger charge is -2.43. The molecule has 0 spiro atoms. The van der Waals surface area contributed by atoms with Gasteiger partial charge < -0.3 is 20.8 Å². The molecule has 5 rings (SSSR count). The van der Waals surface area contributed by atoms with Gasteiger partial charge in [-0.25, -0.2) is 9.78 Å². The number of rotatable bonds is 7. The predicted octanol–water partition coefficient (Wildman–Crippen LogP) is 5.26. The number of carbonyl (C=O) groups excluding carboxylic acids is 3. The van der Waals surface area contributed by atoms with Crippen LogP contribution in [0.3, 0.4) is 0 Å². The molecule has 3 aromatic rings. The summed E-state index contributed by atoms with van der Waals surface area (Å²) < 4.78 is 5.61. The summed E-state index contributed by atoms with van der Waals surface area (Å²) in [5, 5.41) is 3.20. The SMILES string of the molecule is CC(C)(C)OC(=O)N1CCCC1C(=O)NC(c1ccc(-c2ccccc2)cc1)c1cnc(C2(C(N)=O)CCCN2C(C)(C)C)[nH]1. The topological polar surface area (TPSA) is 134 Å². The van der Waals surface area contributed by atoms with Crippen LogP contribution in [0.2, 0.25) is 0 Å². The number of carbonyl (C=O) groups is 3. The first kappa shape index (κ1) is 32.2. The monoisotopic (exact) mass is 614 g/mol. The summed E-state index contributed by atoms with van der Waals surface area (Å²) in [6.07, 6.45) is 3.76. The average molecular weight is 615 g/mol. The summed E-state index contributed by atoms with van der Waals surface area (Å²) >= 11 is 0. The molecule has 0 bridgehead atoms. The minimum absolute atomic E-state index is 0.284. The van der Waals surface area contributed by atoms with Crippen molar-refractivity contribution in [2.24, 2.45) is 5.73 Å². The second-order valence-electron chi connectivity index (χ2n) is 14.1. The number of likely N-dealkylation sites (tertiary alicyclic amines) is 2. The van der Waals surface area contributed by atoms with Crippen molar-refractivity contribution in [3.05, 3.63) is 77.9 Å². The van der Waals surface area contributed by atoms with Crippen LogP contribution >= 0.6 is 0 Å². The fourth-order valence-corrected chi connectivity index (χ4v) is 6.69. The fourth-order valence-electron chi connectivity index (χ4n) is 6.69. The summed E-state index contributed by atoms with van der Waals surface area (Å²) in [6, 6.07) is 16.8. The van der Waals surface area contributed by atoms with Gasteiger partial charge in [-0.15, -0.1) is 0 Å². The molecule has 10 nitrogen and oxygen atoms in total. The Kier molecular flexibility index (Phi) is 8.81. The molecule has 2 saturated heterocycles. The number of amides is 3. The summed E-state index contributed by atoms with van der Waals surface area (Å²) in [6.45, 7) is 12.8. The number of nitrogens with zero attached hydrogens (tertiary/aromatic N) is 3. The number of H-pyrrole nitrogens is 1. The summed E-state index contributed by atoms with van der Waals surface area (Å²) in [7, 11) is 0. The zero-order valence-electron chi connectivity index (χ0n) is 27.2. The third-order valence-corrected chi connectivity index (χ3v) is 8.72. The number of aromatic amines is 1. The molecule has 0 aliphatic carbocycles. The molecule has 0 radical (unpaired) electrons. The van der Waals surface area contributed by atoms with Gasteiger partial charge in [0.25, 0.3) is 0 Å². The molecular weight excluding hydrogens is 568 g/mol. The minimum atomic E-state index is -1.10. The molecule has 3 unspecified atom stereocenters. The van der Waals surface area contributed by atoms with E-state index in [2.05, 4.69) is 36.0 Å². The molecule has 3 heterocycles. The van der Waals surface area contributed by atoms with E-state index < -0.39 is 35.2 Å². The van der Waals surface area contributed by atoms with Crippen molar-refractivity contribution in [2.75, 3.05) is 13.1 Å². The van der Waals surface area contributed by atoms with Gasteiger partial charge in [0, 0.05) is 18.6 Å². The van der Waals surface area contributed by atoms with Crippen molar-refractivity contribution in [3.8, 4) is 11.1 Å². The standard InChI is InChI=1S/C35H46N6O4/c1-33(2,3)41-21-11-19-35(41,30(36)43)31-37-22-26(38-31)28(25-17-15-24(16-18-25)23-12-8-7-9-13-23)39-29(42)27-14-10-20-40(27)32(44)45-34(4,5)6/h7-9,12-13,15-18,22,27-28H,10-11,14,19-21H2,1-6H3,(H2,36,43)(H,37,38)(H,39,42). The average Bonchev–Trinajstić information content (AvgIpc) is 3.75. The smallest absolute Gasteiger partial charge is 0.410 e. The van der Waals surface area contributed by atoms with E-state index in [0.29, 0.717) is 43.9 Å². The molecule has 0 saturated carbocycles. The van der Waals surface area contributed by atoms with Crippen LogP contribution in [0.15, 0.2) is 60.8 Å². The molecule has 4 N–H and O–H groups in total. The van der Waals surface area contributed by atoms with Gasteiger partial charge in [0.05, 0.1) is 17.9 Å². The molecule has 45 heavy (non-hydrogen) atoms. The molecule has 240 valence electrons. The first-order valence-electron chi connectivity index (χ1n) is 15.8. The molecule has 3 amide bonds. The normalized spacial score (nSPS) is 21.5. The van der Waals surface area contributed by atoms with E-state index in [1.165, 1.54) is 4.90 Å². The molecule has 2 aliphatic heterocycles. The van der Waals surface area contributed by atoms with Crippen LogP contribution in [-0.4, -0.2) is 67.9 Å². The molecular formula is C35H46N6O4. The van der Waals surface area contributed by atoms with Crippen molar-refractivity contribution in [1.82, 2.24) is 25.1 Å². The van der Waals surface area contributed by atoms with E-state index in [9.17, 15) is 14.4 Å². The van der Waals surface area contributed by atoms with Gasteiger partial charge >= 0.3 is 6.09 Å². The number of ether oxygens (including phenoxy) is 1. The van der Waals surface area contributed by atoms with Gasteiger partial charge in [0.2, 0.25) is 11.8 Å². The number of hydrogen-bond acceptors (Lipinski definition) is 6. The highest BCUT2D eigenvalue weighted by Gasteiger charge is 2.53. The highest BCUT2D eigenvalue weighted by atomic mass is 16.6. The summed E-state index contributed by atoms with van der Waals surface area (Å²) in [4.78, 5) is 51.8. The van der Waals surface area contributed by atoms with Crippen LogP contribution < -0.4 is 11.1 Å². The first-order valence-corrected chi connectivity index (χ1v) is 15.8. The lowest BCUT2D eigenvalue weighted by molar-refractivity contribution is -0.133. The number of hydrogen-bond donors (Lipinski definition) is 3. The predicted molar refractivity (Wildman–Crippen MR) is 173 cm³/mol. The molecule has 2 aromatic carbocycles. The lowest BCUT2D eigenvalue weighted by Crippen LogP contribution is -2.58. The van der Waals surface area contributed by atoms with Crippen molar-refractivity contribution in [3.63, 3.8) is 0 Å². The van der Waals surface area contributed by atoms with Crippen LogP contribution in [0, 0.1) is 0 Å². The van der Waals surface area contributed by atoms with Gasteiger partial charge in [-0.3, -0.25) is 19.4 Å². The Morgan fingerprint density at radius 1 is 0.978 bits per heavy atom. The highest BCUT2D eigenvalue weighted by Crippen LogP contribution is 2.42. The van der Waals surface area contributed by atoms with E-state index in [4.69, 9.17) is 15.5 Å². The highest BCUT2D eigenvalue weighted by molar-refractivity contribution is 5.87. The van der Waals surface area contributed by atoms with Crippen molar-refractivity contribution in [1.29, 1.82) is 0 Å². The van der Waals surface area contributed by atoms with E-state index >= 15 is 0 Å². The maximum Gasteiger partial charge on any atom is 0.410 e. The maximum atomic E-state index is 13.9. The Labute approximate surface area is 265 Å². The third kappa shape index (κ3) is 6.61. The third-order valence-electron chi connectivity index (χ3n) is 8.72. The Balaban J connectivity index is 1.50. The van der Waals surface area contributed by atoms with Gasteiger partial charge in [-0.2, -0.15) is 0 Å². The fraction of sp³-hybridized carbons (Fsp3) is 0.486. The van der Waals surface area contributed by atoms with E-state index in [1.54, 1.807) is 6.20 Å². The zero-order valence-corrected chi connectivity index (χ0v) is 27.2. The lowest BCUT2D eigenvalue weighted by atomic mass is 9.90. The minimum Gasteiger partial charge on any atom is -0.444 e. The van der Waals surface area contributed by atoms with Crippen LogP contribution in [0.5, 0.6) is 0 Å². The summed E-state index contributed by atoms with van der Waals surface area (Å²) in [5.74, 6) is -0.273. The number of aromatic nitrogens is 2. The summed E-state index contributed by atoms with van der Waals surface area (Å²) in [5.41, 5.74) is 7.59. The van der Waals surface area contributed by atoms with Crippen LogP contribution in [0.1, 0.15) is 90.3 Å². The second-order valence-corrected chi connectivity index (χ2v) is 14.1. The van der Waals surface area contributed by atoms with Crippen LogP contribution in [0.25, 0.3) is 11.1 Å². The zero-order chi connectivity index (χ0) is 32.6. The molecule has 10 heteroatoms. The quantitative estimate of drug-likeness (QED) is 0.333. The van der Waals surface area contributed by atoms with Crippen LogP contribution in [0.4, 0.5) is 4.79 Å². The second kappa shape index (κ2) is 12.3. The first-order chi connectivity index (χ1) is 21.2. The van der Waals surface area contributed by atoms with Gasteiger partial charge in [0.1, 0.15) is 17.5 Å². The number of primary amides is 1. The Hall–Kier alpha value is -4.18. The van der Waals surface area contributed by atoms with E-state index in [0.717, 1.165) is 23.1 Å². The Morgan fingerprint density at radius 2 is 1.64 bits per heavy atom. The van der Waals surface area contributed by atoms with Gasteiger partial charge in [0.15, 0.2) is 5.54 Å². The molecule has 2 fully saturated rings. The van der Waals surface area contributed by atoms with Crippen molar-refractivity contribution in [2.45, 2.75) is 96.0 Å². The van der Waals surface area contributed by atoms with Crippen LogP contribution in [-0.2, 0) is 19.9 Å². The number of nitrogens with one attached hydrogen (secondary N) is 2. The maximum absolute atomic E-state index is 13.9. The Bertz CT molecular complexity index is 1520. The number of imidazole rings is 1. The molecule has 2 aliphatic rings. The number of nitrogens with two attached hydrogens (primary N) is 1. The van der Waals surface area contributed by atoms with E-state index in [1.807, 2.05) is 75.4 Å². The molecule has 3 atom stereocenters. The molecule has 1 aromatic heterocycles. The Morgan fingerprint density at radius 3 is 2.27 bits per heavy atom. The van der Waals surface area contributed by atoms with Gasteiger partial charge in [-0.05, 0) is 83.9 Å².